The van der Waals surface area contributed by atoms with Crippen LogP contribution in [0.25, 0.3) is 0 Å². The number of sulfone groups is 1. The summed E-state index contributed by atoms with van der Waals surface area (Å²) >= 11 is 0. The topological polar surface area (TPSA) is 81.7 Å². The summed E-state index contributed by atoms with van der Waals surface area (Å²) in [4.78, 5) is 12.0. The summed E-state index contributed by atoms with van der Waals surface area (Å²) in [5, 5.41) is 2.60. The highest BCUT2D eigenvalue weighted by Gasteiger charge is 2.17. The number of ether oxygens (including phenoxy) is 2. The smallest absolute Gasteiger partial charge is 0.251 e. The van der Waals surface area contributed by atoms with E-state index in [9.17, 15) is 13.2 Å². The second-order valence-corrected chi connectivity index (χ2v) is 7.07. The number of carbonyl (C=O) groups excluding carboxylic acids is 1. The lowest BCUT2D eigenvalue weighted by Crippen LogP contribution is -2.29. The molecule has 0 aliphatic rings. The summed E-state index contributed by atoms with van der Waals surface area (Å²) < 4.78 is 34.9. The van der Waals surface area contributed by atoms with Crippen molar-refractivity contribution in [2.45, 2.75) is 4.90 Å². The first-order valence-electron chi connectivity index (χ1n) is 7.26. The predicted octanol–water partition coefficient (Wildman–Crippen LogP) is 1.91. The first-order valence-corrected chi connectivity index (χ1v) is 8.91. The highest BCUT2D eigenvalue weighted by atomic mass is 32.2. The second-order valence-electron chi connectivity index (χ2n) is 4.96. The molecule has 2 aromatic rings. The van der Waals surface area contributed by atoms with Crippen LogP contribution >= 0.6 is 0 Å². The fourth-order valence-corrected chi connectivity index (χ4v) is 3.29. The lowest BCUT2D eigenvalue weighted by Gasteiger charge is -2.10. The molecule has 1 amide bonds. The van der Waals surface area contributed by atoms with Crippen molar-refractivity contribution in [2.24, 2.45) is 0 Å². The van der Waals surface area contributed by atoms with E-state index >= 15 is 0 Å². The summed E-state index contributed by atoms with van der Waals surface area (Å²) in [6.07, 6.45) is 0. The SMILES string of the molecule is COc1ccc(S(=O)(=O)CCNC(=O)c2ccccc2)cc1OC. The third kappa shape index (κ3) is 4.26. The van der Waals surface area contributed by atoms with Gasteiger partial charge in [0.1, 0.15) is 0 Å². The summed E-state index contributed by atoms with van der Waals surface area (Å²) in [5.74, 6) is 0.278. The summed E-state index contributed by atoms with van der Waals surface area (Å²) in [7, 11) is -0.630. The number of amides is 1. The van der Waals surface area contributed by atoms with Crippen molar-refractivity contribution < 1.29 is 22.7 Å². The van der Waals surface area contributed by atoms with Crippen LogP contribution in [-0.4, -0.2) is 40.8 Å². The van der Waals surface area contributed by atoms with Crippen LogP contribution in [0.3, 0.4) is 0 Å². The Labute approximate surface area is 141 Å². The predicted molar refractivity (Wildman–Crippen MR) is 90.4 cm³/mol. The molecule has 0 unspecified atom stereocenters. The highest BCUT2D eigenvalue weighted by molar-refractivity contribution is 7.91. The monoisotopic (exact) mass is 349 g/mol. The normalized spacial score (nSPS) is 10.9. The molecule has 2 aromatic carbocycles. The number of benzene rings is 2. The quantitative estimate of drug-likeness (QED) is 0.826. The summed E-state index contributed by atoms with van der Waals surface area (Å²) in [6, 6.07) is 13.0. The van der Waals surface area contributed by atoms with Crippen LogP contribution in [-0.2, 0) is 9.84 Å². The Morgan fingerprint density at radius 1 is 1.00 bits per heavy atom. The van der Waals surface area contributed by atoms with Crippen molar-refractivity contribution in [1.29, 1.82) is 0 Å². The van der Waals surface area contributed by atoms with Gasteiger partial charge in [0.25, 0.3) is 5.91 Å². The van der Waals surface area contributed by atoms with Gasteiger partial charge < -0.3 is 14.8 Å². The molecule has 1 N–H and O–H groups in total. The van der Waals surface area contributed by atoms with Gasteiger partial charge in [-0.3, -0.25) is 4.79 Å². The fraction of sp³-hybridized carbons (Fsp3) is 0.235. The van der Waals surface area contributed by atoms with E-state index in [2.05, 4.69) is 5.32 Å². The van der Waals surface area contributed by atoms with Crippen LogP contribution < -0.4 is 14.8 Å². The van der Waals surface area contributed by atoms with Gasteiger partial charge >= 0.3 is 0 Å². The minimum Gasteiger partial charge on any atom is -0.493 e. The maximum atomic E-state index is 12.4. The minimum atomic E-state index is -3.55. The molecule has 2 rings (SSSR count). The zero-order valence-electron chi connectivity index (χ0n) is 13.5. The first-order chi connectivity index (χ1) is 11.5. The minimum absolute atomic E-state index is 0.0183. The third-order valence-electron chi connectivity index (χ3n) is 3.41. The van der Waals surface area contributed by atoms with Gasteiger partial charge in [0.2, 0.25) is 0 Å². The maximum absolute atomic E-state index is 12.4. The zero-order chi connectivity index (χ0) is 17.6. The number of nitrogens with one attached hydrogen (secondary N) is 1. The highest BCUT2D eigenvalue weighted by Crippen LogP contribution is 2.29. The van der Waals surface area contributed by atoms with Crippen LogP contribution in [0.2, 0.25) is 0 Å². The van der Waals surface area contributed by atoms with Gasteiger partial charge in [-0.15, -0.1) is 0 Å². The van der Waals surface area contributed by atoms with E-state index in [0.29, 0.717) is 17.1 Å². The first kappa shape index (κ1) is 17.8. The molecule has 6 nitrogen and oxygen atoms in total. The number of carbonyl (C=O) groups is 1. The van der Waals surface area contributed by atoms with E-state index < -0.39 is 9.84 Å². The van der Waals surface area contributed by atoms with E-state index in [0.717, 1.165) is 0 Å². The molecule has 24 heavy (non-hydrogen) atoms. The molecular weight excluding hydrogens is 330 g/mol. The average molecular weight is 349 g/mol. The molecule has 0 aliphatic heterocycles. The number of methoxy groups -OCH3 is 2. The van der Waals surface area contributed by atoms with Crippen molar-refractivity contribution in [2.75, 3.05) is 26.5 Å². The van der Waals surface area contributed by atoms with E-state index in [1.807, 2.05) is 0 Å². The zero-order valence-corrected chi connectivity index (χ0v) is 14.3. The van der Waals surface area contributed by atoms with E-state index in [-0.39, 0.29) is 23.1 Å². The van der Waals surface area contributed by atoms with Crippen LogP contribution in [0.1, 0.15) is 10.4 Å². The Hall–Kier alpha value is -2.54. The number of hydrogen-bond acceptors (Lipinski definition) is 5. The van der Waals surface area contributed by atoms with Gasteiger partial charge in [-0.1, -0.05) is 18.2 Å². The Balaban J connectivity index is 2.02. The second kappa shape index (κ2) is 7.83. The summed E-state index contributed by atoms with van der Waals surface area (Å²) in [6.45, 7) is 0.0183. The van der Waals surface area contributed by atoms with Crippen molar-refractivity contribution in [1.82, 2.24) is 5.32 Å². The molecule has 0 saturated carbocycles. The van der Waals surface area contributed by atoms with Gasteiger partial charge in [-0.25, -0.2) is 8.42 Å². The molecule has 0 heterocycles. The molecule has 0 spiro atoms. The Kier molecular flexibility index (Phi) is 5.81. The Morgan fingerprint density at radius 2 is 1.67 bits per heavy atom. The molecule has 0 fully saturated rings. The molecular formula is C17H19NO5S. The van der Waals surface area contributed by atoms with Gasteiger partial charge in [-0.2, -0.15) is 0 Å². The standard InChI is InChI=1S/C17H19NO5S/c1-22-15-9-8-14(12-16(15)23-2)24(20,21)11-10-18-17(19)13-6-4-3-5-7-13/h3-9,12H,10-11H2,1-2H3,(H,18,19). The van der Waals surface area contributed by atoms with Crippen molar-refractivity contribution in [3.63, 3.8) is 0 Å². The molecule has 0 radical (unpaired) electrons. The lowest BCUT2D eigenvalue weighted by molar-refractivity contribution is 0.0956. The molecule has 0 saturated heterocycles. The largest absolute Gasteiger partial charge is 0.493 e. The van der Waals surface area contributed by atoms with Gasteiger partial charge in [0.05, 0.1) is 24.9 Å². The third-order valence-corrected chi connectivity index (χ3v) is 5.12. The lowest BCUT2D eigenvalue weighted by atomic mass is 10.2. The van der Waals surface area contributed by atoms with Crippen molar-refractivity contribution in [3.8, 4) is 11.5 Å². The molecule has 0 aromatic heterocycles. The van der Waals surface area contributed by atoms with E-state index in [1.165, 1.54) is 32.4 Å². The van der Waals surface area contributed by atoms with Gasteiger partial charge in [-0.05, 0) is 24.3 Å². The molecule has 128 valence electrons. The molecule has 7 heteroatoms. The van der Waals surface area contributed by atoms with Crippen LogP contribution in [0.15, 0.2) is 53.4 Å². The number of hydrogen-bond donors (Lipinski definition) is 1. The Morgan fingerprint density at radius 3 is 2.29 bits per heavy atom. The summed E-state index contributed by atoms with van der Waals surface area (Å²) in [5.41, 5.74) is 0.487. The maximum Gasteiger partial charge on any atom is 0.251 e. The van der Waals surface area contributed by atoms with Crippen molar-refractivity contribution in [3.05, 3.63) is 54.1 Å². The molecule has 0 atom stereocenters. The van der Waals surface area contributed by atoms with Gasteiger partial charge in [0, 0.05) is 18.2 Å². The van der Waals surface area contributed by atoms with Crippen LogP contribution in [0.5, 0.6) is 11.5 Å². The molecule has 0 aliphatic carbocycles. The average Bonchev–Trinajstić information content (AvgIpc) is 2.61. The fourth-order valence-electron chi connectivity index (χ4n) is 2.12. The Bertz CT molecular complexity index is 803. The number of rotatable bonds is 7. The van der Waals surface area contributed by atoms with Gasteiger partial charge in [0.15, 0.2) is 21.3 Å². The molecule has 0 bridgehead atoms. The van der Waals surface area contributed by atoms with E-state index in [4.69, 9.17) is 9.47 Å². The van der Waals surface area contributed by atoms with Crippen LogP contribution in [0.4, 0.5) is 0 Å². The van der Waals surface area contributed by atoms with E-state index in [1.54, 1.807) is 30.3 Å². The van der Waals surface area contributed by atoms with Crippen molar-refractivity contribution >= 4 is 15.7 Å². The van der Waals surface area contributed by atoms with Crippen LogP contribution in [0, 0.1) is 0 Å².